The van der Waals surface area contributed by atoms with Crippen LogP contribution in [0.15, 0.2) is 48.7 Å². The standard InChI is InChI=1S/C18H18BF2N3O3/c1-23(2)17(25)12-6-8-13(9-7-12)18(20,21)11-24-10-14-15(19(26)27)4-3-5-16(14)22-24/h3-10,26-27H,11H2,1-2H3. The molecule has 0 aliphatic carbocycles. The van der Waals surface area contributed by atoms with Gasteiger partial charge in [-0.3, -0.25) is 9.48 Å². The molecule has 2 N–H and O–H groups in total. The molecule has 0 bridgehead atoms. The first-order valence-corrected chi connectivity index (χ1v) is 8.21. The molecule has 0 fully saturated rings. The molecule has 0 radical (unpaired) electrons. The highest BCUT2D eigenvalue weighted by Crippen LogP contribution is 2.30. The maximum atomic E-state index is 14.7. The van der Waals surface area contributed by atoms with E-state index in [9.17, 15) is 23.6 Å². The molecule has 2 aromatic carbocycles. The molecule has 0 aliphatic rings. The van der Waals surface area contributed by atoms with Gasteiger partial charge in [-0.2, -0.15) is 13.9 Å². The molecule has 9 heteroatoms. The Labute approximate surface area is 154 Å². The molecule has 3 aromatic rings. The summed E-state index contributed by atoms with van der Waals surface area (Å²) in [7, 11) is 1.46. The molecule has 0 saturated heterocycles. The predicted octanol–water partition coefficient (Wildman–Crippen LogP) is 1.21. The second kappa shape index (κ2) is 7.09. The van der Waals surface area contributed by atoms with Gasteiger partial charge in [-0.15, -0.1) is 0 Å². The molecular weight excluding hydrogens is 355 g/mol. The van der Waals surface area contributed by atoms with E-state index in [2.05, 4.69) is 5.10 Å². The summed E-state index contributed by atoms with van der Waals surface area (Å²) in [6, 6.07) is 9.87. The summed E-state index contributed by atoms with van der Waals surface area (Å²) in [5.41, 5.74) is 0.683. The van der Waals surface area contributed by atoms with Crippen molar-refractivity contribution in [2.24, 2.45) is 0 Å². The van der Waals surface area contributed by atoms with Crippen LogP contribution in [0.2, 0.25) is 0 Å². The Hall–Kier alpha value is -2.78. The third kappa shape index (κ3) is 3.84. The van der Waals surface area contributed by atoms with Crippen molar-refractivity contribution in [2.45, 2.75) is 12.5 Å². The molecule has 27 heavy (non-hydrogen) atoms. The van der Waals surface area contributed by atoms with Crippen molar-refractivity contribution in [3.8, 4) is 0 Å². The molecule has 0 atom stereocenters. The van der Waals surface area contributed by atoms with E-state index in [0.717, 1.165) is 4.68 Å². The number of fused-ring (bicyclic) bond motifs is 1. The van der Waals surface area contributed by atoms with Crippen LogP contribution >= 0.6 is 0 Å². The Morgan fingerprint density at radius 3 is 2.44 bits per heavy atom. The molecule has 0 aliphatic heterocycles. The molecule has 140 valence electrons. The van der Waals surface area contributed by atoms with Crippen LogP contribution in [0, 0.1) is 0 Å². The second-order valence-electron chi connectivity index (χ2n) is 6.46. The van der Waals surface area contributed by atoms with Crippen LogP contribution in [0.1, 0.15) is 15.9 Å². The maximum Gasteiger partial charge on any atom is 0.489 e. The van der Waals surface area contributed by atoms with E-state index in [-0.39, 0.29) is 16.9 Å². The molecule has 0 spiro atoms. The summed E-state index contributed by atoms with van der Waals surface area (Å²) in [5, 5.41) is 23.3. The van der Waals surface area contributed by atoms with Crippen molar-refractivity contribution in [2.75, 3.05) is 14.1 Å². The number of aromatic nitrogens is 2. The van der Waals surface area contributed by atoms with Gasteiger partial charge in [0.15, 0.2) is 0 Å². The quantitative estimate of drug-likeness (QED) is 0.659. The summed E-state index contributed by atoms with van der Waals surface area (Å²) < 4.78 is 30.4. The number of hydrogen-bond donors (Lipinski definition) is 2. The monoisotopic (exact) mass is 373 g/mol. The van der Waals surface area contributed by atoms with E-state index in [1.54, 1.807) is 26.2 Å². The Morgan fingerprint density at radius 1 is 1.19 bits per heavy atom. The van der Waals surface area contributed by atoms with E-state index in [0.29, 0.717) is 16.5 Å². The van der Waals surface area contributed by atoms with Gasteiger partial charge in [0.05, 0.1) is 5.52 Å². The lowest BCUT2D eigenvalue weighted by Crippen LogP contribution is -2.30. The van der Waals surface area contributed by atoms with Gasteiger partial charge in [-0.1, -0.05) is 24.3 Å². The third-order valence-corrected chi connectivity index (χ3v) is 4.23. The minimum atomic E-state index is -3.22. The average molecular weight is 373 g/mol. The van der Waals surface area contributed by atoms with Gasteiger partial charge in [0.2, 0.25) is 0 Å². The highest BCUT2D eigenvalue weighted by molar-refractivity contribution is 6.61. The topological polar surface area (TPSA) is 78.6 Å². The van der Waals surface area contributed by atoms with Crippen molar-refractivity contribution >= 4 is 29.4 Å². The smallest absolute Gasteiger partial charge is 0.423 e. The van der Waals surface area contributed by atoms with Crippen LogP contribution in [-0.4, -0.2) is 51.8 Å². The lowest BCUT2D eigenvalue weighted by molar-refractivity contribution is -0.0252. The Kier molecular flexibility index (Phi) is 4.99. The zero-order chi connectivity index (χ0) is 19.8. The number of rotatable bonds is 5. The van der Waals surface area contributed by atoms with Gasteiger partial charge >= 0.3 is 7.12 Å². The minimum Gasteiger partial charge on any atom is -0.423 e. The zero-order valence-corrected chi connectivity index (χ0v) is 14.8. The number of benzene rings is 2. The largest absolute Gasteiger partial charge is 0.489 e. The van der Waals surface area contributed by atoms with E-state index < -0.39 is 19.6 Å². The van der Waals surface area contributed by atoms with Gasteiger partial charge < -0.3 is 14.9 Å². The van der Waals surface area contributed by atoms with E-state index in [1.165, 1.54) is 41.4 Å². The van der Waals surface area contributed by atoms with Gasteiger partial charge in [-0.05, 0) is 23.7 Å². The number of halogens is 2. The average Bonchev–Trinajstić information content (AvgIpc) is 3.02. The molecule has 0 unspecified atom stereocenters. The normalized spacial score (nSPS) is 11.6. The number of nitrogens with zero attached hydrogens (tertiary/aromatic N) is 3. The summed E-state index contributed by atoms with van der Waals surface area (Å²) in [6.45, 7) is -0.719. The third-order valence-electron chi connectivity index (χ3n) is 4.23. The first kappa shape index (κ1) is 19.0. The summed E-state index contributed by atoms with van der Waals surface area (Å²) in [6.07, 6.45) is 1.36. The van der Waals surface area contributed by atoms with Crippen LogP contribution < -0.4 is 5.46 Å². The minimum absolute atomic E-state index is 0.202. The van der Waals surface area contributed by atoms with Crippen molar-refractivity contribution in [1.29, 1.82) is 0 Å². The molecule has 0 saturated carbocycles. The number of hydrogen-bond acceptors (Lipinski definition) is 4. The highest BCUT2D eigenvalue weighted by Gasteiger charge is 2.33. The van der Waals surface area contributed by atoms with Gasteiger partial charge in [0.25, 0.3) is 11.8 Å². The first-order chi connectivity index (χ1) is 12.7. The van der Waals surface area contributed by atoms with Crippen molar-refractivity contribution in [3.05, 3.63) is 59.8 Å². The molecule has 1 heterocycles. The Balaban J connectivity index is 1.87. The predicted molar refractivity (Wildman–Crippen MR) is 97.9 cm³/mol. The van der Waals surface area contributed by atoms with Crippen LogP contribution in [-0.2, 0) is 12.5 Å². The molecule has 1 amide bonds. The summed E-state index contributed by atoms with van der Waals surface area (Å²) in [5.74, 6) is -3.49. The van der Waals surface area contributed by atoms with Crippen molar-refractivity contribution < 1.29 is 23.6 Å². The fourth-order valence-corrected chi connectivity index (χ4v) is 2.83. The van der Waals surface area contributed by atoms with E-state index in [4.69, 9.17) is 0 Å². The van der Waals surface area contributed by atoms with Gasteiger partial charge in [0, 0.05) is 36.8 Å². The fraction of sp³-hybridized carbons (Fsp3) is 0.222. The Morgan fingerprint density at radius 2 is 1.85 bits per heavy atom. The first-order valence-electron chi connectivity index (χ1n) is 8.21. The van der Waals surface area contributed by atoms with E-state index >= 15 is 0 Å². The maximum absolute atomic E-state index is 14.7. The number of amides is 1. The van der Waals surface area contributed by atoms with E-state index in [1.807, 2.05) is 0 Å². The summed E-state index contributed by atoms with van der Waals surface area (Å²) >= 11 is 0. The second-order valence-corrected chi connectivity index (χ2v) is 6.46. The zero-order valence-electron chi connectivity index (χ0n) is 14.8. The summed E-state index contributed by atoms with van der Waals surface area (Å²) in [4.78, 5) is 13.2. The van der Waals surface area contributed by atoms with Crippen molar-refractivity contribution in [3.63, 3.8) is 0 Å². The molecule has 6 nitrogen and oxygen atoms in total. The fourth-order valence-electron chi connectivity index (χ4n) is 2.83. The Bertz CT molecular complexity index is 972. The highest BCUT2D eigenvalue weighted by atomic mass is 19.3. The SMILES string of the molecule is CN(C)C(=O)c1ccc(C(F)(F)Cn2cc3c(B(O)O)cccc3n2)cc1. The number of carbonyl (C=O) groups is 1. The molecule has 3 rings (SSSR count). The van der Waals surface area contributed by atoms with Crippen LogP contribution in [0.4, 0.5) is 8.78 Å². The molecular formula is C18H18BF2N3O3. The lowest BCUT2D eigenvalue weighted by atomic mass is 9.78. The van der Waals surface area contributed by atoms with Gasteiger partial charge in [-0.25, -0.2) is 0 Å². The lowest BCUT2D eigenvalue weighted by Gasteiger charge is -2.17. The molecule has 1 aromatic heterocycles. The van der Waals surface area contributed by atoms with Crippen molar-refractivity contribution in [1.82, 2.24) is 14.7 Å². The number of carbonyl (C=O) groups excluding carboxylic acids is 1. The van der Waals surface area contributed by atoms with Gasteiger partial charge in [0.1, 0.15) is 6.54 Å². The number of alkyl halides is 2. The van der Waals surface area contributed by atoms with Crippen LogP contribution in [0.25, 0.3) is 10.9 Å². The van der Waals surface area contributed by atoms with Crippen LogP contribution in [0.3, 0.4) is 0 Å². The van der Waals surface area contributed by atoms with Crippen LogP contribution in [0.5, 0.6) is 0 Å².